The van der Waals surface area contributed by atoms with Gasteiger partial charge in [-0.3, -0.25) is 0 Å². The topological polar surface area (TPSA) is 322 Å². The van der Waals surface area contributed by atoms with Gasteiger partial charge in [0.05, 0.1) is 19.8 Å². The number of hydrogen-bond donors (Lipinski definition) is 12. The Balaban J connectivity index is 0.000000518. The zero-order valence-electron chi connectivity index (χ0n) is 18.3. The zero-order valence-corrected chi connectivity index (χ0v) is 21.8. The third kappa shape index (κ3) is 8.03. The van der Waals surface area contributed by atoms with E-state index in [4.69, 9.17) is 61.3 Å². The maximum absolute atomic E-state index is 10.5. The van der Waals surface area contributed by atoms with Crippen LogP contribution in [0, 0.1) is 0 Å². The van der Waals surface area contributed by atoms with Crippen molar-refractivity contribution in [3.63, 3.8) is 0 Å². The number of carbonyl (C=O) groups is 3. The molecule has 0 aromatic rings. The van der Waals surface area contributed by atoms with Crippen LogP contribution in [0.5, 0.6) is 0 Å². The van der Waals surface area contributed by atoms with E-state index in [1.54, 1.807) is 0 Å². The summed E-state index contributed by atoms with van der Waals surface area (Å²) in [6.45, 7) is -2.01. The van der Waals surface area contributed by atoms with E-state index in [-0.39, 0.29) is 26.2 Å². The average Bonchev–Trinajstić information content (AvgIpc) is 3.40. The molecule has 0 amide bonds. The van der Waals surface area contributed by atoms with Gasteiger partial charge in [-0.2, -0.15) is 0 Å². The number of aliphatic hydroxyl groups is 12. The molecule has 12 N–H and O–H groups in total. The molecule has 0 saturated heterocycles. The average molecular weight is 737 g/mol. The van der Waals surface area contributed by atoms with Crippen molar-refractivity contribution in [2.45, 2.75) is 36.6 Å². The molecule has 0 saturated carbocycles. The van der Waals surface area contributed by atoms with E-state index in [1.807, 2.05) is 0 Å². The number of carbonyl (C=O) groups excluding carboxylic acids is 3. The summed E-state index contributed by atoms with van der Waals surface area (Å²) in [6, 6.07) is 0. The summed E-state index contributed by atoms with van der Waals surface area (Å²) in [5.41, 5.74) is 0. The van der Waals surface area contributed by atoms with E-state index < -0.39 is 109 Å². The molecule has 6 atom stereocenters. The monoisotopic (exact) mass is 737 g/mol. The Kier molecular flexibility index (Phi) is 13.6. The van der Waals surface area contributed by atoms with Crippen molar-refractivity contribution in [3.05, 3.63) is 34.6 Å². The largest absolute Gasteiger partial charge is 3.00 e. The van der Waals surface area contributed by atoms with Crippen LogP contribution in [0.25, 0.3) is 0 Å². The van der Waals surface area contributed by atoms with Crippen molar-refractivity contribution in [1.29, 1.82) is 0 Å². The maximum Gasteiger partial charge on any atom is 3.00 e. The van der Waals surface area contributed by atoms with Gasteiger partial charge in [-0.1, -0.05) is 0 Å². The van der Waals surface area contributed by atoms with Gasteiger partial charge in [0.1, 0.15) is 18.3 Å². The second-order valence-electron chi connectivity index (χ2n) is 6.93. The summed E-state index contributed by atoms with van der Waals surface area (Å²) in [7, 11) is 0. The van der Waals surface area contributed by atoms with Crippen molar-refractivity contribution >= 4 is 44.1 Å². The van der Waals surface area contributed by atoms with Crippen molar-refractivity contribution in [1.82, 2.24) is 0 Å². The summed E-state index contributed by atoms with van der Waals surface area (Å²) in [6.07, 6.45) is -8.33. The summed E-state index contributed by atoms with van der Waals surface area (Å²) in [4.78, 5) is 31.6. The van der Waals surface area contributed by atoms with E-state index in [0.29, 0.717) is 0 Å². The summed E-state index contributed by atoms with van der Waals surface area (Å²) >= 11 is 0. The van der Waals surface area contributed by atoms with Gasteiger partial charge in [-0.05, 0) is 0 Å². The van der Waals surface area contributed by atoms with E-state index in [2.05, 4.69) is 14.2 Å². The SMILES string of the molecule is O=C1O[C@H]([C@@H](O)CO)C(O)=C1O.O=C1O[C@H]([C@@H](O)CO)C(O)=C1O.O=C1O[C@H]([C@@H](O)CO)C(O)=C1O.[Bi+3]. The quantitative estimate of drug-likeness (QED) is 0.0693. The normalized spacial score (nSPS) is 25.1. The molecule has 3 rings (SSSR count). The molecule has 3 aliphatic rings. The molecule has 3 heterocycles. The van der Waals surface area contributed by atoms with Crippen LogP contribution in [-0.2, 0) is 28.6 Å². The molecule has 0 aliphatic carbocycles. The van der Waals surface area contributed by atoms with Crippen LogP contribution < -0.4 is 0 Å². The molecule has 2 radical (unpaired) electrons. The van der Waals surface area contributed by atoms with Crippen molar-refractivity contribution in [3.8, 4) is 0 Å². The van der Waals surface area contributed by atoms with Crippen molar-refractivity contribution in [2.24, 2.45) is 0 Å². The van der Waals surface area contributed by atoms with Gasteiger partial charge in [0.2, 0.25) is 17.3 Å². The van der Waals surface area contributed by atoms with Gasteiger partial charge in [0, 0.05) is 0 Å². The van der Waals surface area contributed by atoms with E-state index in [9.17, 15) is 14.4 Å². The molecular weight excluding hydrogens is 713 g/mol. The fraction of sp³-hybridized carbons (Fsp3) is 0.500. The Hall–Kier alpha value is -2.93. The minimum absolute atomic E-state index is 0. The predicted octanol–water partition coefficient (Wildman–Crippen LogP) is -4.60. The summed E-state index contributed by atoms with van der Waals surface area (Å²) in [5.74, 6) is -8.34. The minimum atomic E-state index is -1.42. The Bertz CT molecular complexity index is 822. The first kappa shape index (κ1) is 34.1. The molecular formula is C18H24BiO18+3. The molecule has 0 unspecified atom stereocenters. The number of hydrogen-bond acceptors (Lipinski definition) is 18. The van der Waals surface area contributed by atoms with Gasteiger partial charge in [0.15, 0.2) is 35.6 Å². The van der Waals surface area contributed by atoms with Crippen LogP contribution in [0.15, 0.2) is 34.6 Å². The van der Waals surface area contributed by atoms with Gasteiger partial charge >= 0.3 is 44.1 Å². The fourth-order valence-electron chi connectivity index (χ4n) is 2.47. The molecule has 19 heteroatoms. The number of rotatable bonds is 6. The number of cyclic esters (lactones) is 3. The molecule has 3 aliphatic heterocycles. The van der Waals surface area contributed by atoms with Crippen molar-refractivity contribution in [2.75, 3.05) is 19.8 Å². The first-order chi connectivity index (χ1) is 16.7. The molecule has 0 spiro atoms. The van der Waals surface area contributed by atoms with Gasteiger partial charge < -0.3 is 75.5 Å². The number of aliphatic hydroxyl groups excluding tert-OH is 12. The van der Waals surface area contributed by atoms with Crippen LogP contribution in [0.3, 0.4) is 0 Å². The Morgan fingerprint density at radius 2 is 0.703 bits per heavy atom. The van der Waals surface area contributed by atoms with Crippen LogP contribution in [0.2, 0.25) is 0 Å². The van der Waals surface area contributed by atoms with Gasteiger partial charge in [-0.25, -0.2) is 14.4 Å². The van der Waals surface area contributed by atoms with Gasteiger partial charge in [-0.15, -0.1) is 0 Å². The minimum Gasteiger partial charge on any atom is -0.505 e. The first-order valence-electron chi connectivity index (χ1n) is 9.59. The molecule has 206 valence electrons. The van der Waals surface area contributed by atoms with Gasteiger partial charge in [0.25, 0.3) is 0 Å². The van der Waals surface area contributed by atoms with Crippen LogP contribution in [-0.4, -0.2) is 162 Å². The molecule has 0 bridgehead atoms. The van der Waals surface area contributed by atoms with Crippen LogP contribution in [0.1, 0.15) is 0 Å². The Morgan fingerprint density at radius 3 is 0.811 bits per heavy atom. The summed E-state index contributed by atoms with van der Waals surface area (Å²) < 4.78 is 12.9. The molecule has 0 aromatic heterocycles. The van der Waals surface area contributed by atoms with Crippen LogP contribution in [0.4, 0.5) is 0 Å². The van der Waals surface area contributed by atoms with Crippen LogP contribution >= 0.6 is 0 Å². The molecule has 37 heavy (non-hydrogen) atoms. The molecule has 0 fully saturated rings. The Morgan fingerprint density at radius 1 is 0.514 bits per heavy atom. The summed E-state index contributed by atoms with van der Waals surface area (Å²) in [5, 5.41) is 105. The number of esters is 3. The third-order valence-electron chi connectivity index (χ3n) is 4.43. The van der Waals surface area contributed by atoms with E-state index in [1.165, 1.54) is 0 Å². The molecule has 0 aromatic carbocycles. The standard InChI is InChI=1S/3C6H8O6.Bi/c3*7-1-2(8)5-3(9)4(10)6(11)12-5;/h3*2,5,7-10H,1H2;/q;;;+3/t3*2-,5+;/m000./s1. The second-order valence-corrected chi connectivity index (χ2v) is 6.93. The predicted molar refractivity (Wildman–Crippen MR) is 112 cm³/mol. The Labute approximate surface area is 224 Å². The fourth-order valence-corrected chi connectivity index (χ4v) is 2.47. The number of ether oxygens (including phenoxy) is 3. The zero-order chi connectivity index (χ0) is 27.9. The second kappa shape index (κ2) is 14.7. The van der Waals surface area contributed by atoms with E-state index in [0.717, 1.165) is 0 Å². The molecule has 18 nitrogen and oxygen atoms in total. The third-order valence-corrected chi connectivity index (χ3v) is 4.43. The van der Waals surface area contributed by atoms with Crippen molar-refractivity contribution < 1.29 is 89.9 Å². The maximum atomic E-state index is 10.5. The van der Waals surface area contributed by atoms with E-state index >= 15 is 0 Å². The first-order valence-corrected chi connectivity index (χ1v) is 9.59. The smallest absolute Gasteiger partial charge is 0.505 e.